The molecule has 0 unspecified atom stereocenters. The molecule has 1 saturated carbocycles. The molecular weight excluding hydrogens is 454 g/mol. The van der Waals surface area contributed by atoms with Gasteiger partial charge in [0.25, 0.3) is 0 Å². The number of hydrogen-bond acceptors (Lipinski definition) is 7. The van der Waals surface area contributed by atoms with Gasteiger partial charge < -0.3 is 10.3 Å². The number of rotatable bonds is 5. The minimum absolute atomic E-state index is 0.0417. The number of nitrogens with one attached hydrogen (secondary N) is 3. The van der Waals surface area contributed by atoms with Crippen molar-refractivity contribution in [2.24, 2.45) is 5.92 Å². The number of H-pyrrole nitrogens is 2. The van der Waals surface area contributed by atoms with E-state index in [-0.39, 0.29) is 11.8 Å². The van der Waals surface area contributed by atoms with Crippen molar-refractivity contribution in [3.63, 3.8) is 0 Å². The highest BCUT2D eigenvalue weighted by Gasteiger charge is 2.29. The number of carbonyl (C=O) groups excluding carboxylic acids is 1. The summed E-state index contributed by atoms with van der Waals surface area (Å²) in [6, 6.07) is 9.55. The molecule has 0 aromatic carbocycles. The normalized spacial score (nSPS) is 13.3. The van der Waals surface area contributed by atoms with Crippen LogP contribution < -0.4 is 5.32 Å². The van der Waals surface area contributed by atoms with Gasteiger partial charge in [-0.25, -0.2) is 4.98 Å². The average Bonchev–Trinajstić information content (AvgIpc) is 3.55. The van der Waals surface area contributed by atoms with E-state index in [0.717, 1.165) is 57.3 Å². The second-order valence-corrected chi connectivity index (χ2v) is 8.79. The summed E-state index contributed by atoms with van der Waals surface area (Å²) < 4.78 is 0. The minimum atomic E-state index is 0.0417. The molecule has 1 amide bonds. The number of hydrogen-bond donors (Lipinski definition) is 3. The van der Waals surface area contributed by atoms with Crippen LogP contribution in [0.4, 0.5) is 5.69 Å². The van der Waals surface area contributed by atoms with Crippen LogP contribution in [0.1, 0.15) is 12.8 Å². The van der Waals surface area contributed by atoms with E-state index in [4.69, 9.17) is 4.98 Å². The summed E-state index contributed by atoms with van der Waals surface area (Å²) in [6.07, 6.45) is 12.2. The van der Waals surface area contributed by atoms with Crippen LogP contribution in [0.15, 0.2) is 67.5 Å². The lowest BCUT2D eigenvalue weighted by atomic mass is 10.1. The van der Waals surface area contributed by atoms with Gasteiger partial charge in [-0.15, -0.1) is 0 Å². The molecule has 1 fully saturated rings. The fourth-order valence-electron chi connectivity index (χ4n) is 4.26. The Hall–Kier alpha value is -4.99. The summed E-state index contributed by atoms with van der Waals surface area (Å²) in [6.45, 7) is 0. The van der Waals surface area contributed by atoms with E-state index in [2.05, 4.69) is 40.4 Å². The summed E-state index contributed by atoms with van der Waals surface area (Å²) in [5.74, 6) is 0.787. The lowest BCUT2D eigenvalue weighted by molar-refractivity contribution is -0.117. The lowest BCUT2D eigenvalue weighted by Crippen LogP contribution is -2.13. The number of amides is 1. The zero-order valence-corrected chi connectivity index (χ0v) is 18.9. The molecule has 0 bridgehead atoms. The van der Waals surface area contributed by atoms with Crippen molar-refractivity contribution in [2.75, 3.05) is 5.32 Å². The van der Waals surface area contributed by atoms with Crippen LogP contribution in [-0.4, -0.2) is 46.0 Å². The molecule has 36 heavy (non-hydrogen) atoms. The zero-order valence-electron chi connectivity index (χ0n) is 18.9. The van der Waals surface area contributed by atoms with Crippen LogP contribution in [0.5, 0.6) is 0 Å². The molecule has 0 spiro atoms. The first-order valence-corrected chi connectivity index (χ1v) is 11.6. The summed E-state index contributed by atoms with van der Waals surface area (Å²) in [5.41, 5.74) is 6.97. The van der Waals surface area contributed by atoms with Crippen LogP contribution in [0.2, 0.25) is 0 Å². The minimum Gasteiger partial charge on any atom is -0.336 e. The van der Waals surface area contributed by atoms with Crippen molar-refractivity contribution < 1.29 is 4.79 Å². The Bertz CT molecular complexity index is 1750. The van der Waals surface area contributed by atoms with Gasteiger partial charge in [0, 0.05) is 47.2 Å². The van der Waals surface area contributed by atoms with E-state index in [9.17, 15) is 4.79 Å². The third kappa shape index (κ3) is 3.56. The van der Waals surface area contributed by atoms with Gasteiger partial charge >= 0.3 is 0 Å². The van der Waals surface area contributed by atoms with E-state index < -0.39 is 0 Å². The zero-order chi connectivity index (χ0) is 24.1. The smallest absolute Gasteiger partial charge is 0.227 e. The Balaban J connectivity index is 1.28. The molecule has 1 aliphatic rings. The Morgan fingerprint density at radius 2 is 1.78 bits per heavy atom. The number of anilines is 1. The molecule has 6 heterocycles. The third-order valence-electron chi connectivity index (χ3n) is 6.28. The van der Waals surface area contributed by atoms with Crippen LogP contribution in [0.3, 0.4) is 0 Å². The molecule has 10 nitrogen and oxygen atoms in total. The summed E-state index contributed by atoms with van der Waals surface area (Å²) in [7, 11) is 0. The fourth-order valence-corrected chi connectivity index (χ4v) is 4.26. The van der Waals surface area contributed by atoms with Gasteiger partial charge in [0.15, 0.2) is 5.82 Å². The van der Waals surface area contributed by atoms with Crippen molar-refractivity contribution in [1.29, 1.82) is 0 Å². The van der Waals surface area contributed by atoms with Gasteiger partial charge in [0.05, 0.1) is 40.5 Å². The van der Waals surface area contributed by atoms with Crippen LogP contribution in [0, 0.1) is 5.92 Å². The second-order valence-electron chi connectivity index (χ2n) is 8.79. The Kier molecular flexibility index (Phi) is 4.56. The molecule has 7 rings (SSSR count). The van der Waals surface area contributed by atoms with Crippen molar-refractivity contribution in [3.8, 4) is 34.0 Å². The molecule has 10 heteroatoms. The van der Waals surface area contributed by atoms with Crippen LogP contribution >= 0.6 is 0 Å². The van der Waals surface area contributed by atoms with Crippen molar-refractivity contribution in [3.05, 3.63) is 67.5 Å². The molecule has 1 aliphatic carbocycles. The number of imidazole rings is 1. The summed E-state index contributed by atoms with van der Waals surface area (Å²) in [5, 5.41) is 11.4. The molecule has 3 N–H and O–H groups in total. The van der Waals surface area contributed by atoms with Gasteiger partial charge in [-0.05, 0) is 43.2 Å². The van der Waals surface area contributed by atoms with Crippen LogP contribution in [0.25, 0.3) is 56.0 Å². The van der Waals surface area contributed by atoms with Gasteiger partial charge in [-0.3, -0.25) is 29.8 Å². The van der Waals surface area contributed by atoms with Crippen molar-refractivity contribution in [2.45, 2.75) is 12.8 Å². The quantitative estimate of drug-likeness (QED) is 0.338. The second kappa shape index (κ2) is 8.05. The van der Waals surface area contributed by atoms with Gasteiger partial charge in [0.2, 0.25) is 5.91 Å². The molecule has 0 radical (unpaired) electrons. The Labute approximate surface area is 204 Å². The maximum atomic E-state index is 12.2. The predicted molar refractivity (Wildman–Crippen MR) is 135 cm³/mol. The number of pyridine rings is 4. The van der Waals surface area contributed by atoms with Crippen molar-refractivity contribution >= 4 is 33.5 Å². The summed E-state index contributed by atoms with van der Waals surface area (Å²) in [4.78, 5) is 37.9. The molecule has 6 aromatic rings. The molecule has 0 atom stereocenters. The molecule has 0 aliphatic heterocycles. The first kappa shape index (κ1) is 20.4. The lowest BCUT2D eigenvalue weighted by Gasteiger charge is -2.06. The van der Waals surface area contributed by atoms with Gasteiger partial charge in [-0.1, -0.05) is 0 Å². The predicted octanol–water partition coefficient (Wildman–Crippen LogP) is 4.37. The van der Waals surface area contributed by atoms with Gasteiger partial charge in [0.1, 0.15) is 11.2 Å². The number of aromatic amines is 2. The number of aromatic nitrogens is 8. The number of fused-ring (bicyclic) bond motifs is 2. The molecule has 0 saturated heterocycles. The summed E-state index contributed by atoms with van der Waals surface area (Å²) >= 11 is 0. The van der Waals surface area contributed by atoms with E-state index in [1.54, 1.807) is 37.2 Å². The first-order chi connectivity index (χ1) is 17.7. The van der Waals surface area contributed by atoms with Crippen LogP contribution in [-0.2, 0) is 4.79 Å². The number of carbonyl (C=O) groups is 1. The Morgan fingerprint density at radius 1 is 0.889 bits per heavy atom. The number of nitrogens with zero attached hydrogens (tertiary/aromatic N) is 6. The standard InChI is InChI=1S/C26H19N9O/c36-26(15-1-2-15)31-17-9-16(11-28-12-17)20-10-18-21(13-30-20)34-35-23(18)25-32-19-5-8-29-22(24(19)33-25)14-3-6-27-7-4-14/h3-13,15H,1-2H2,(H,31,36)(H,32,33)(H,34,35). The molecule has 174 valence electrons. The highest BCUT2D eigenvalue weighted by atomic mass is 16.2. The molecular formula is C26H19N9O. The van der Waals surface area contributed by atoms with E-state index in [0.29, 0.717) is 17.2 Å². The van der Waals surface area contributed by atoms with E-state index >= 15 is 0 Å². The monoisotopic (exact) mass is 473 g/mol. The maximum Gasteiger partial charge on any atom is 0.227 e. The van der Waals surface area contributed by atoms with E-state index in [1.165, 1.54) is 0 Å². The third-order valence-corrected chi connectivity index (χ3v) is 6.28. The first-order valence-electron chi connectivity index (χ1n) is 11.6. The SMILES string of the molecule is O=C(Nc1cncc(-c2cc3c(-c4nc5c(-c6ccncc6)nccc5[nH]4)n[nH]c3cn2)c1)C1CC1. The highest BCUT2D eigenvalue weighted by Crippen LogP contribution is 2.33. The Morgan fingerprint density at radius 3 is 2.64 bits per heavy atom. The maximum absolute atomic E-state index is 12.2. The largest absolute Gasteiger partial charge is 0.336 e. The topological polar surface area (TPSA) is 138 Å². The average molecular weight is 474 g/mol. The van der Waals surface area contributed by atoms with Gasteiger partial charge in [-0.2, -0.15) is 5.10 Å². The molecule has 6 aromatic heterocycles. The van der Waals surface area contributed by atoms with E-state index in [1.807, 2.05) is 30.3 Å². The highest BCUT2D eigenvalue weighted by molar-refractivity contribution is 5.97. The fraction of sp³-hybridized carbons (Fsp3) is 0.115. The van der Waals surface area contributed by atoms with Crippen molar-refractivity contribution in [1.82, 2.24) is 40.1 Å².